The maximum absolute atomic E-state index is 12.5. The van der Waals surface area contributed by atoms with Gasteiger partial charge in [-0.1, -0.05) is 71.6 Å². The molecule has 26 heavy (non-hydrogen) atoms. The van der Waals surface area contributed by atoms with Crippen molar-refractivity contribution >= 4 is 39.8 Å². The van der Waals surface area contributed by atoms with Gasteiger partial charge in [0, 0.05) is 18.8 Å². The number of benzene rings is 2. The summed E-state index contributed by atoms with van der Waals surface area (Å²) in [6.45, 7) is 1.47. The van der Waals surface area contributed by atoms with Gasteiger partial charge in [0.1, 0.15) is 0 Å². The normalized spacial score (nSPS) is 12.8. The Bertz CT molecular complexity index is 897. The third-order valence-corrected chi connectivity index (χ3v) is 6.20. The van der Waals surface area contributed by atoms with Gasteiger partial charge in [0.15, 0.2) is 4.34 Å². The van der Waals surface area contributed by atoms with Crippen LogP contribution in [0.2, 0.25) is 0 Å². The van der Waals surface area contributed by atoms with Crippen LogP contribution < -0.4 is 10.2 Å². The second-order valence-corrected chi connectivity index (χ2v) is 8.13. The van der Waals surface area contributed by atoms with Crippen molar-refractivity contribution in [2.24, 2.45) is 0 Å². The zero-order valence-corrected chi connectivity index (χ0v) is 15.7. The molecule has 1 N–H and O–H groups in total. The van der Waals surface area contributed by atoms with E-state index in [1.807, 2.05) is 41.3 Å². The number of para-hydroxylation sites is 1. The molecule has 2 heterocycles. The van der Waals surface area contributed by atoms with E-state index in [0.29, 0.717) is 12.3 Å². The fraction of sp³-hybridized carbons (Fsp3) is 0.211. The molecule has 1 aromatic heterocycles. The lowest BCUT2D eigenvalue weighted by molar-refractivity contribution is -0.116. The molecule has 2 aromatic carbocycles. The first kappa shape index (κ1) is 17.1. The minimum Gasteiger partial charge on any atom is -0.356 e. The molecule has 5 nitrogen and oxygen atoms in total. The minimum atomic E-state index is 0.119. The number of carbonyl (C=O) groups excluding carboxylic acids is 1. The first-order chi connectivity index (χ1) is 12.8. The molecular formula is C19H18N4OS2. The Kier molecular flexibility index (Phi) is 5.17. The highest BCUT2D eigenvalue weighted by Gasteiger charge is 2.24. The number of rotatable bonds is 6. The third-order valence-electron chi connectivity index (χ3n) is 4.20. The van der Waals surface area contributed by atoms with Crippen LogP contribution in [0.5, 0.6) is 0 Å². The largest absolute Gasteiger partial charge is 0.356 e. The number of nitrogens with one attached hydrogen (secondary N) is 1. The molecule has 0 radical (unpaired) electrons. The molecule has 0 fully saturated rings. The van der Waals surface area contributed by atoms with Crippen molar-refractivity contribution in [3.05, 3.63) is 65.7 Å². The van der Waals surface area contributed by atoms with Gasteiger partial charge in [0.25, 0.3) is 0 Å². The predicted molar refractivity (Wildman–Crippen MR) is 107 cm³/mol. The highest BCUT2D eigenvalue weighted by atomic mass is 32.2. The number of thioether (sulfide) groups is 1. The van der Waals surface area contributed by atoms with Gasteiger partial charge < -0.3 is 10.2 Å². The van der Waals surface area contributed by atoms with Gasteiger partial charge in [0.2, 0.25) is 11.0 Å². The van der Waals surface area contributed by atoms with Crippen LogP contribution in [0.15, 0.2) is 58.9 Å². The first-order valence-corrected chi connectivity index (χ1v) is 10.2. The summed E-state index contributed by atoms with van der Waals surface area (Å²) in [5.74, 6) is 0.496. The smallest absolute Gasteiger partial charge is 0.237 e. The van der Waals surface area contributed by atoms with Crippen molar-refractivity contribution < 1.29 is 4.79 Å². The van der Waals surface area contributed by atoms with Gasteiger partial charge in [-0.15, -0.1) is 10.2 Å². The molecule has 1 aliphatic heterocycles. The highest BCUT2D eigenvalue weighted by Crippen LogP contribution is 2.30. The maximum Gasteiger partial charge on any atom is 0.237 e. The number of amides is 1. The van der Waals surface area contributed by atoms with E-state index in [9.17, 15) is 4.79 Å². The summed E-state index contributed by atoms with van der Waals surface area (Å²) in [6, 6.07) is 18.3. The average molecular weight is 383 g/mol. The summed E-state index contributed by atoms with van der Waals surface area (Å²) in [6.07, 6.45) is 0.930. The van der Waals surface area contributed by atoms with E-state index in [4.69, 9.17) is 0 Å². The van der Waals surface area contributed by atoms with Crippen molar-refractivity contribution in [3.8, 4) is 0 Å². The summed E-state index contributed by atoms with van der Waals surface area (Å²) in [5, 5.41) is 12.4. The fourth-order valence-electron chi connectivity index (χ4n) is 2.91. The van der Waals surface area contributed by atoms with Crippen molar-refractivity contribution in [2.45, 2.75) is 17.3 Å². The van der Waals surface area contributed by atoms with Gasteiger partial charge >= 0.3 is 0 Å². The predicted octanol–water partition coefficient (Wildman–Crippen LogP) is 3.83. The van der Waals surface area contributed by atoms with Crippen LogP contribution in [0.3, 0.4) is 0 Å². The SMILES string of the molecule is O=C(CSc1nnc(NCc2ccccc2)s1)N1CCc2ccccc21. The van der Waals surface area contributed by atoms with Crippen molar-refractivity contribution in [1.82, 2.24) is 10.2 Å². The number of nitrogens with zero attached hydrogens (tertiary/aromatic N) is 3. The van der Waals surface area contributed by atoms with Crippen LogP contribution >= 0.6 is 23.1 Å². The Morgan fingerprint density at radius 3 is 2.81 bits per heavy atom. The zero-order chi connectivity index (χ0) is 17.8. The lowest BCUT2D eigenvalue weighted by Crippen LogP contribution is -2.30. The standard InChI is InChI=1S/C19H18N4OS2/c24-17(23-11-10-15-8-4-5-9-16(15)23)13-25-19-22-21-18(26-19)20-12-14-6-2-1-3-7-14/h1-9H,10-13H2,(H,20,21). The molecule has 0 spiro atoms. The second-order valence-electron chi connectivity index (χ2n) is 5.93. The van der Waals surface area contributed by atoms with E-state index in [1.165, 1.54) is 34.2 Å². The second kappa shape index (κ2) is 7.88. The first-order valence-electron chi connectivity index (χ1n) is 8.42. The molecule has 1 amide bonds. The number of fused-ring (bicyclic) bond motifs is 1. The van der Waals surface area contributed by atoms with Crippen LogP contribution in [-0.4, -0.2) is 28.4 Å². The molecule has 0 saturated heterocycles. The van der Waals surface area contributed by atoms with Crippen molar-refractivity contribution in [3.63, 3.8) is 0 Å². The maximum atomic E-state index is 12.5. The van der Waals surface area contributed by atoms with E-state index in [1.54, 1.807) is 0 Å². The van der Waals surface area contributed by atoms with Crippen molar-refractivity contribution in [2.75, 3.05) is 22.5 Å². The number of hydrogen-bond donors (Lipinski definition) is 1. The van der Waals surface area contributed by atoms with Gasteiger partial charge in [0.05, 0.1) is 5.75 Å². The lowest BCUT2D eigenvalue weighted by Gasteiger charge is -2.16. The van der Waals surface area contributed by atoms with Crippen LogP contribution in [-0.2, 0) is 17.8 Å². The van der Waals surface area contributed by atoms with Crippen LogP contribution in [0.4, 0.5) is 10.8 Å². The number of aromatic nitrogens is 2. The molecule has 7 heteroatoms. The highest BCUT2D eigenvalue weighted by molar-refractivity contribution is 8.01. The van der Waals surface area contributed by atoms with Crippen LogP contribution in [0.25, 0.3) is 0 Å². The number of carbonyl (C=O) groups is 1. The molecule has 132 valence electrons. The summed E-state index contributed by atoms with van der Waals surface area (Å²) in [5.41, 5.74) is 3.48. The molecular weight excluding hydrogens is 364 g/mol. The van der Waals surface area contributed by atoms with Gasteiger partial charge in [-0.05, 0) is 23.6 Å². The van der Waals surface area contributed by atoms with Gasteiger partial charge in [-0.3, -0.25) is 4.79 Å². The van der Waals surface area contributed by atoms with Crippen LogP contribution in [0, 0.1) is 0 Å². The molecule has 1 aliphatic rings. The van der Waals surface area contributed by atoms with E-state index in [0.717, 1.165) is 28.1 Å². The average Bonchev–Trinajstić information content (AvgIpc) is 3.32. The third kappa shape index (κ3) is 3.89. The Labute approximate surface area is 160 Å². The topological polar surface area (TPSA) is 58.1 Å². The summed E-state index contributed by atoms with van der Waals surface area (Å²) < 4.78 is 0.807. The van der Waals surface area contributed by atoms with E-state index in [2.05, 4.69) is 33.7 Å². The van der Waals surface area contributed by atoms with Crippen molar-refractivity contribution in [1.29, 1.82) is 0 Å². The van der Waals surface area contributed by atoms with E-state index in [-0.39, 0.29) is 5.91 Å². The monoisotopic (exact) mass is 382 g/mol. The van der Waals surface area contributed by atoms with E-state index >= 15 is 0 Å². The number of anilines is 2. The van der Waals surface area contributed by atoms with Gasteiger partial charge in [-0.2, -0.15) is 0 Å². The fourth-order valence-corrected chi connectivity index (χ4v) is 4.54. The molecule has 0 aliphatic carbocycles. The zero-order valence-electron chi connectivity index (χ0n) is 14.1. The molecule has 0 unspecified atom stereocenters. The Morgan fingerprint density at radius 1 is 1.12 bits per heavy atom. The summed E-state index contributed by atoms with van der Waals surface area (Å²) in [7, 11) is 0. The molecule has 3 aromatic rings. The van der Waals surface area contributed by atoms with E-state index < -0.39 is 0 Å². The Morgan fingerprint density at radius 2 is 1.92 bits per heavy atom. The minimum absolute atomic E-state index is 0.119. The Balaban J connectivity index is 1.30. The molecule has 0 atom stereocenters. The van der Waals surface area contributed by atoms with Gasteiger partial charge in [-0.25, -0.2) is 0 Å². The Hall–Kier alpha value is -2.38. The molecule has 0 bridgehead atoms. The molecule has 0 saturated carbocycles. The van der Waals surface area contributed by atoms with Crippen LogP contribution in [0.1, 0.15) is 11.1 Å². The number of hydrogen-bond acceptors (Lipinski definition) is 6. The molecule has 4 rings (SSSR count). The summed E-state index contributed by atoms with van der Waals surface area (Å²) >= 11 is 2.93. The quantitative estimate of drug-likeness (QED) is 0.657. The lowest BCUT2D eigenvalue weighted by atomic mass is 10.2. The summed E-state index contributed by atoms with van der Waals surface area (Å²) in [4.78, 5) is 14.4.